The predicted octanol–water partition coefficient (Wildman–Crippen LogP) is 2.11. The van der Waals surface area contributed by atoms with Gasteiger partial charge >= 0.3 is 0 Å². The Kier molecular flexibility index (Phi) is 11.5. The van der Waals surface area contributed by atoms with Gasteiger partial charge in [-0.2, -0.15) is 0 Å². The number of anilines is 1. The largest absolute Gasteiger partial charge is 0.399 e. The molecule has 116 valence electrons. The van der Waals surface area contributed by atoms with Crippen molar-refractivity contribution in [1.82, 2.24) is 10.2 Å². The van der Waals surface area contributed by atoms with Gasteiger partial charge in [0.05, 0.1) is 6.42 Å². The molecule has 0 spiro atoms. The van der Waals surface area contributed by atoms with Gasteiger partial charge in [-0.25, -0.2) is 0 Å². The van der Waals surface area contributed by atoms with Crippen LogP contribution in [0.4, 0.5) is 5.69 Å². The Morgan fingerprint density at radius 1 is 1.25 bits per heavy atom. The van der Waals surface area contributed by atoms with Crippen LogP contribution in [0.5, 0.6) is 0 Å². The van der Waals surface area contributed by atoms with E-state index in [1.807, 2.05) is 24.3 Å². The molecule has 0 aliphatic heterocycles. The van der Waals surface area contributed by atoms with Crippen molar-refractivity contribution in [3.63, 3.8) is 0 Å². The van der Waals surface area contributed by atoms with E-state index < -0.39 is 0 Å². The van der Waals surface area contributed by atoms with Crippen LogP contribution < -0.4 is 11.1 Å². The molecule has 0 unspecified atom stereocenters. The molecule has 0 aromatic heterocycles. The summed E-state index contributed by atoms with van der Waals surface area (Å²) in [6, 6.07) is 7.90. The highest BCUT2D eigenvalue weighted by molar-refractivity contribution is 5.85. The van der Waals surface area contributed by atoms with Gasteiger partial charge in [0.15, 0.2) is 0 Å². The lowest BCUT2D eigenvalue weighted by molar-refractivity contribution is -0.120. The summed E-state index contributed by atoms with van der Waals surface area (Å²) in [5.74, 6) is 0.0527. The van der Waals surface area contributed by atoms with Crippen molar-refractivity contribution in [2.24, 2.45) is 0 Å². The van der Waals surface area contributed by atoms with Crippen molar-refractivity contribution >= 4 is 36.4 Å². The van der Waals surface area contributed by atoms with Crippen molar-refractivity contribution in [2.75, 3.05) is 25.9 Å². The van der Waals surface area contributed by atoms with Gasteiger partial charge < -0.3 is 16.0 Å². The second kappa shape index (κ2) is 10.8. The van der Waals surface area contributed by atoms with Gasteiger partial charge in [0.1, 0.15) is 0 Å². The smallest absolute Gasteiger partial charge is 0.224 e. The molecule has 3 N–H and O–H groups in total. The van der Waals surface area contributed by atoms with Gasteiger partial charge in [0.25, 0.3) is 0 Å². The fourth-order valence-corrected chi connectivity index (χ4v) is 1.51. The molecule has 0 atom stereocenters. The van der Waals surface area contributed by atoms with Crippen LogP contribution in [0, 0.1) is 0 Å². The second-order valence-electron chi connectivity index (χ2n) is 4.84. The minimum Gasteiger partial charge on any atom is -0.399 e. The van der Waals surface area contributed by atoms with Gasteiger partial charge in [0.2, 0.25) is 5.91 Å². The summed E-state index contributed by atoms with van der Waals surface area (Å²) in [6.07, 6.45) is 0.408. The van der Waals surface area contributed by atoms with Gasteiger partial charge in [-0.15, -0.1) is 24.8 Å². The standard InChI is InChI=1S/C14H23N3O.2ClH/c1-11(2)17(3)9-8-16-14(18)10-12-4-6-13(15)7-5-12;;/h4-7,11H,8-10,15H2,1-3H3,(H,16,18);2*1H. The van der Waals surface area contributed by atoms with E-state index in [-0.39, 0.29) is 30.7 Å². The lowest BCUT2D eigenvalue weighted by atomic mass is 10.1. The Bertz CT molecular complexity index is 383. The predicted molar refractivity (Wildman–Crippen MR) is 89.8 cm³/mol. The van der Waals surface area contributed by atoms with Crippen LogP contribution in [0.3, 0.4) is 0 Å². The molecular formula is C14H25Cl2N3O. The summed E-state index contributed by atoms with van der Waals surface area (Å²) >= 11 is 0. The van der Waals surface area contributed by atoms with Crippen LogP contribution in [0.25, 0.3) is 0 Å². The van der Waals surface area contributed by atoms with Crippen molar-refractivity contribution in [2.45, 2.75) is 26.3 Å². The normalized spacial score (nSPS) is 9.85. The van der Waals surface area contributed by atoms with Crippen LogP contribution >= 0.6 is 24.8 Å². The maximum Gasteiger partial charge on any atom is 0.224 e. The Morgan fingerprint density at radius 3 is 2.30 bits per heavy atom. The molecule has 20 heavy (non-hydrogen) atoms. The van der Waals surface area contributed by atoms with Crippen LogP contribution in [-0.2, 0) is 11.2 Å². The van der Waals surface area contributed by atoms with E-state index in [0.717, 1.165) is 17.8 Å². The molecule has 1 aromatic carbocycles. The summed E-state index contributed by atoms with van der Waals surface area (Å²) in [5, 5.41) is 2.92. The van der Waals surface area contributed by atoms with Gasteiger partial charge in [-0.05, 0) is 38.6 Å². The molecule has 0 saturated carbocycles. The first-order chi connectivity index (χ1) is 8.49. The van der Waals surface area contributed by atoms with E-state index >= 15 is 0 Å². The van der Waals surface area contributed by atoms with E-state index in [9.17, 15) is 4.79 Å². The SMILES string of the molecule is CC(C)N(C)CCNC(=O)Cc1ccc(N)cc1.Cl.Cl. The van der Waals surface area contributed by atoms with Crippen LogP contribution in [-0.4, -0.2) is 37.0 Å². The summed E-state index contributed by atoms with van der Waals surface area (Å²) in [6.45, 7) is 5.82. The molecular weight excluding hydrogens is 297 g/mol. The second-order valence-corrected chi connectivity index (χ2v) is 4.84. The number of halogens is 2. The summed E-state index contributed by atoms with van der Waals surface area (Å²) in [4.78, 5) is 13.9. The maximum atomic E-state index is 11.7. The number of carbonyl (C=O) groups is 1. The fraction of sp³-hybridized carbons (Fsp3) is 0.500. The number of amides is 1. The molecule has 1 amide bonds. The first kappa shape index (κ1) is 21.3. The van der Waals surface area contributed by atoms with Gasteiger partial charge in [-0.3, -0.25) is 4.79 Å². The molecule has 0 aliphatic carbocycles. The number of nitrogens with two attached hydrogens (primary N) is 1. The van der Waals surface area contributed by atoms with Crippen LogP contribution in [0.1, 0.15) is 19.4 Å². The number of nitrogens with one attached hydrogen (secondary N) is 1. The summed E-state index contributed by atoms with van der Waals surface area (Å²) < 4.78 is 0. The number of rotatable bonds is 6. The summed E-state index contributed by atoms with van der Waals surface area (Å²) in [5.41, 5.74) is 7.30. The zero-order valence-electron chi connectivity index (χ0n) is 12.3. The number of nitrogen functional groups attached to an aromatic ring is 1. The summed E-state index contributed by atoms with van der Waals surface area (Å²) in [7, 11) is 2.05. The molecule has 0 saturated heterocycles. The monoisotopic (exact) mass is 321 g/mol. The highest BCUT2D eigenvalue weighted by Gasteiger charge is 2.05. The zero-order chi connectivity index (χ0) is 13.5. The third kappa shape index (κ3) is 8.25. The topological polar surface area (TPSA) is 58.4 Å². The zero-order valence-corrected chi connectivity index (χ0v) is 13.9. The fourth-order valence-electron chi connectivity index (χ4n) is 1.51. The lowest BCUT2D eigenvalue weighted by Gasteiger charge is -2.20. The van der Waals surface area contributed by atoms with Crippen LogP contribution in [0.2, 0.25) is 0 Å². The average molecular weight is 322 g/mol. The molecule has 1 rings (SSSR count). The number of likely N-dealkylation sites (N-methyl/N-ethyl adjacent to an activating group) is 1. The molecule has 0 heterocycles. The maximum absolute atomic E-state index is 11.7. The van der Waals surface area contributed by atoms with E-state index in [4.69, 9.17) is 5.73 Å². The third-order valence-corrected chi connectivity index (χ3v) is 3.01. The molecule has 0 aliphatic rings. The first-order valence-corrected chi connectivity index (χ1v) is 6.30. The molecule has 6 heteroatoms. The first-order valence-electron chi connectivity index (χ1n) is 6.30. The minimum absolute atomic E-state index is 0. The third-order valence-electron chi connectivity index (χ3n) is 3.01. The number of carbonyl (C=O) groups excluding carboxylic acids is 1. The van der Waals surface area contributed by atoms with Gasteiger partial charge in [-0.1, -0.05) is 12.1 Å². The Balaban J connectivity index is 0. The average Bonchev–Trinajstić information content (AvgIpc) is 2.32. The number of benzene rings is 1. The number of hydrogen-bond donors (Lipinski definition) is 2. The van der Waals surface area contributed by atoms with Crippen LogP contribution in [0.15, 0.2) is 24.3 Å². The van der Waals surface area contributed by atoms with E-state index in [0.29, 0.717) is 19.0 Å². The number of hydrogen-bond acceptors (Lipinski definition) is 3. The lowest BCUT2D eigenvalue weighted by Crippen LogP contribution is -2.36. The minimum atomic E-state index is 0. The highest BCUT2D eigenvalue weighted by atomic mass is 35.5. The van der Waals surface area contributed by atoms with Crippen molar-refractivity contribution in [3.8, 4) is 0 Å². The molecule has 0 radical (unpaired) electrons. The molecule has 4 nitrogen and oxygen atoms in total. The van der Waals surface area contributed by atoms with E-state index in [1.54, 1.807) is 0 Å². The van der Waals surface area contributed by atoms with Crippen molar-refractivity contribution in [3.05, 3.63) is 29.8 Å². The van der Waals surface area contributed by atoms with E-state index in [1.165, 1.54) is 0 Å². The van der Waals surface area contributed by atoms with Crippen molar-refractivity contribution in [1.29, 1.82) is 0 Å². The Labute approximate surface area is 133 Å². The molecule has 0 bridgehead atoms. The van der Waals surface area contributed by atoms with Gasteiger partial charge in [0, 0.05) is 24.8 Å². The Hall–Kier alpha value is -0.970. The Morgan fingerprint density at radius 2 is 1.80 bits per heavy atom. The quantitative estimate of drug-likeness (QED) is 0.789. The van der Waals surface area contributed by atoms with E-state index in [2.05, 4.69) is 31.1 Å². The number of nitrogens with zero attached hydrogens (tertiary/aromatic N) is 1. The highest BCUT2D eigenvalue weighted by Crippen LogP contribution is 2.05. The molecule has 0 fully saturated rings. The molecule has 1 aromatic rings. The van der Waals surface area contributed by atoms with Crippen molar-refractivity contribution < 1.29 is 4.79 Å².